The zero-order chi connectivity index (χ0) is 18.9. The van der Waals surface area contributed by atoms with Crippen LogP contribution >= 0.6 is 0 Å². The molecule has 0 bridgehead atoms. The van der Waals surface area contributed by atoms with E-state index in [1.807, 2.05) is 6.92 Å². The van der Waals surface area contributed by atoms with Gasteiger partial charge < -0.3 is 10.6 Å². The van der Waals surface area contributed by atoms with E-state index < -0.39 is 11.6 Å². The van der Waals surface area contributed by atoms with E-state index in [2.05, 4.69) is 34.0 Å². The van der Waals surface area contributed by atoms with Gasteiger partial charge in [-0.3, -0.25) is 9.89 Å². The van der Waals surface area contributed by atoms with Gasteiger partial charge in [-0.25, -0.2) is 8.78 Å². The summed E-state index contributed by atoms with van der Waals surface area (Å²) < 4.78 is 26.7. The molecule has 0 unspecified atom stereocenters. The molecule has 0 atom stereocenters. The first kappa shape index (κ1) is 20.4. The van der Waals surface area contributed by atoms with E-state index in [4.69, 9.17) is 0 Å². The summed E-state index contributed by atoms with van der Waals surface area (Å²) in [6, 6.07) is 4.07. The highest BCUT2D eigenvalue weighted by Gasteiger charge is 2.19. The van der Waals surface area contributed by atoms with Crippen molar-refractivity contribution in [2.75, 3.05) is 32.7 Å². The number of likely N-dealkylation sites (tertiary alicyclic amines) is 1. The molecule has 6 heteroatoms. The molecule has 4 nitrogen and oxygen atoms in total. The quantitative estimate of drug-likeness (QED) is 0.444. The maximum atomic E-state index is 13.7. The molecule has 0 amide bonds. The molecule has 1 heterocycles. The molecule has 0 saturated carbocycles. The Morgan fingerprint density at radius 2 is 2.04 bits per heavy atom. The van der Waals surface area contributed by atoms with E-state index in [-0.39, 0.29) is 0 Å². The van der Waals surface area contributed by atoms with Crippen LogP contribution in [-0.4, -0.2) is 49.6 Å². The number of hydrogen-bond acceptors (Lipinski definition) is 2. The van der Waals surface area contributed by atoms with Gasteiger partial charge in [-0.15, -0.1) is 0 Å². The number of aliphatic imine (C=N–C) groups is 1. The number of rotatable bonds is 7. The highest BCUT2D eigenvalue weighted by Crippen LogP contribution is 2.12. The maximum Gasteiger partial charge on any atom is 0.191 e. The predicted molar refractivity (Wildman–Crippen MR) is 103 cm³/mol. The van der Waals surface area contributed by atoms with Crippen LogP contribution in [-0.2, 0) is 6.42 Å². The molecule has 0 aliphatic carbocycles. The summed E-state index contributed by atoms with van der Waals surface area (Å²) in [6.07, 6.45) is 2.56. The smallest absolute Gasteiger partial charge is 0.191 e. The first-order valence-electron chi connectivity index (χ1n) is 9.33. The van der Waals surface area contributed by atoms with Crippen LogP contribution in [0.3, 0.4) is 0 Å². The average Bonchev–Trinajstić information content (AvgIpc) is 2.58. The zero-order valence-corrected chi connectivity index (χ0v) is 15.8. The van der Waals surface area contributed by atoms with E-state index in [0.29, 0.717) is 24.6 Å². The average molecular weight is 364 g/mol. The second kappa shape index (κ2) is 10.3. The Labute approximate surface area is 155 Å². The third-order valence-electron chi connectivity index (χ3n) is 4.43. The molecule has 2 rings (SSSR count). The first-order chi connectivity index (χ1) is 12.5. The number of halogens is 2. The van der Waals surface area contributed by atoms with E-state index in [1.165, 1.54) is 17.7 Å². The van der Waals surface area contributed by atoms with Crippen LogP contribution in [0, 0.1) is 11.6 Å². The largest absolute Gasteiger partial charge is 0.357 e. The molecule has 1 aromatic rings. The highest BCUT2D eigenvalue weighted by atomic mass is 19.1. The van der Waals surface area contributed by atoms with Gasteiger partial charge in [0.05, 0.1) is 0 Å². The number of hydrogen-bond donors (Lipinski definition) is 2. The normalized spacial score (nSPS) is 16.5. The van der Waals surface area contributed by atoms with Gasteiger partial charge in [-0.2, -0.15) is 0 Å². The second-order valence-corrected chi connectivity index (χ2v) is 6.90. The molecule has 0 radical (unpaired) electrons. The fourth-order valence-corrected chi connectivity index (χ4v) is 3.14. The number of guanidine groups is 1. The Morgan fingerprint density at radius 3 is 2.65 bits per heavy atom. The molecular formula is C20H30F2N4. The molecule has 0 aromatic heterocycles. The first-order valence-corrected chi connectivity index (χ1v) is 9.33. The molecule has 144 valence electrons. The standard InChI is InChI=1S/C20H30F2N4/c1-4-23-20(24-10-7-16-5-6-17(21)13-19(16)22)25-18-8-11-26(12-9-18)14-15(2)3/h5-6,13,18H,2,4,7-12,14H2,1,3H3,(H2,23,24,25). The second-order valence-electron chi connectivity index (χ2n) is 6.90. The monoisotopic (exact) mass is 364 g/mol. The summed E-state index contributed by atoms with van der Waals surface area (Å²) in [5.41, 5.74) is 1.68. The number of piperidine rings is 1. The van der Waals surface area contributed by atoms with Gasteiger partial charge in [0.1, 0.15) is 11.6 Å². The molecule has 1 aliphatic rings. The van der Waals surface area contributed by atoms with Crippen LogP contribution in [0.15, 0.2) is 35.3 Å². The van der Waals surface area contributed by atoms with Crippen molar-refractivity contribution in [3.8, 4) is 0 Å². The SMILES string of the molecule is C=C(C)CN1CCC(NC(=NCCc2ccc(F)cc2F)NCC)CC1. The van der Waals surface area contributed by atoms with Crippen molar-refractivity contribution in [2.45, 2.75) is 39.2 Å². The van der Waals surface area contributed by atoms with Gasteiger partial charge in [0, 0.05) is 44.8 Å². The Kier molecular flexibility index (Phi) is 8.04. The summed E-state index contributed by atoms with van der Waals surface area (Å²) in [6.45, 7) is 12.3. The van der Waals surface area contributed by atoms with Crippen LogP contribution in [0.1, 0.15) is 32.3 Å². The van der Waals surface area contributed by atoms with Crippen LogP contribution < -0.4 is 10.6 Å². The van der Waals surface area contributed by atoms with E-state index in [0.717, 1.165) is 51.0 Å². The predicted octanol–water partition coefficient (Wildman–Crippen LogP) is 3.10. The summed E-state index contributed by atoms with van der Waals surface area (Å²) in [7, 11) is 0. The van der Waals surface area contributed by atoms with Gasteiger partial charge >= 0.3 is 0 Å². The minimum Gasteiger partial charge on any atom is -0.357 e. The van der Waals surface area contributed by atoms with Crippen molar-refractivity contribution >= 4 is 5.96 Å². The fraction of sp³-hybridized carbons (Fsp3) is 0.550. The Balaban J connectivity index is 1.84. The van der Waals surface area contributed by atoms with Crippen molar-refractivity contribution < 1.29 is 8.78 Å². The summed E-state index contributed by atoms with van der Waals surface area (Å²) in [5.74, 6) is -0.306. The van der Waals surface area contributed by atoms with E-state index >= 15 is 0 Å². The van der Waals surface area contributed by atoms with Crippen molar-refractivity contribution in [3.05, 3.63) is 47.5 Å². The minimum atomic E-state index is -0.553. The minimum absolute atomic E-state index is 0.386. The van der Waals surface area contributed by atoms with Crippen LogP contribution in [0.4, 0.5) is 8.78 Å². The molecule has 26 heavy (non-hydrogen) atoms. The van der Waals surface area contributed by atoms with Gasteiger partial charge in [0.25, 0.3) is 0 Å². The number of nitrogens with zero attached hydrogens (tertiary/aromatic N) is 2. The van der Waals surface area contributed by atoms with Crippen LogP contribution in [0.5, 0.6) is 0 Å². The molecule has 1 aromatic carbocycles. The van der Waals surface area contributed by atoms with Crippen LogP contribution in [0.25, 0.3) is 0 Å². The van der Waals surface area contributed by atoms with Crippen molar-refractivity contribution in [1.29, 1.82) is 0 Å². The van der Waals surface area contributed by atoms with Crippen LogP contribution in [0.2, 0.25) is 0 Å². The molecule has 1 fully saturated rings. The highest BCUT2D eigenvalue weighted by molar-refractivity contribution is 5.80. The molecule has 2 N–H and O–H groups in total. The van der Waals surface area contributed by atoms with E-state index in [9.17, 15) is 8.78 Å². The van der Waals surface area contributed by atoms with Gasteiger partial charge in [0.2, 0.25) is 0 Å². The van der Waals surface area contributed by atoms with Gasteiger partial charge in [0.15, 0.2) is 5.96 Å². The lowest BCUT2D eigenvalue weighted by atomic mass is 10.0. The lowest BCUT2D eigenvalue weighted by Crippen LogP contribution is -2.49. The van der Waals surface area contributed by atoms with Gasteiger partial charge in [-0.05, 0) is 44.7 Å². The Bertz CT molecular complexity index is 622. The molecule has 0 spiro atoms. The lowest BCUT2D eigenvalue weighted by molar-refractivity contribution is 0.221. The van der Waals surface area contributed by atoms with Crippen molar-refractivity contribution in [3.63, 3.8) is 0 Å². The molecule has 1 saturated heterocycles. The maximum absolute atomic E-state index is 13.7. The summed E-state index contributed by atoms with van der Waals surface area (Å²) in [5, 5.41) is 6.72. The van der Waals surface area contributed by atoms with Crippen molar-refractivity contribution in [2.24, 2.45) is 4.99 Å². The lowest BCUT2D eigenvalue weighted by Gasteiger charge is -2.33. The summed E-state index contributed by atoms with van der Waals surface area (Å²) >= 11 is 0. The third-order valence-corrected chi connectivity index (χ3v) is 4.43. The summed E-state index contributed by atoms with van der Waals surface area (Å²) in [4.78, 5) is 6.96. The molecule has 1 aliphatic heterocycles. The topological polar surface area (TPSA) is 39.7 Å². The fourth-order valence-electron chi connectivity index (χ4n) is 3.14. The molecular weight excluding hydrogens is 334 g/mol. The van der Waals surface area contributed by atoms with Gasteiger partial charge in [-0.1, -0.05) is 18.2 Å². The Hall–Kier alpha value is -1.95. The van der Waals surface area contributed by atoms with E-state index in [1.54, 1.807) is 0 Å². The van der Waals surface area contributed by atoms with Crippen molar-refractivity contribution in [1.82, 2.24) is 15.5 Å². The number of benzene rings is 1. The zero-order valence-electron chi connectivity index (χ0n) is 15.8. The number of nitrogens with one attached hydrogen (secondary N) is 2. The third kappa shape index (κ3) is 6.75. The Morgan fingerprint density at radius 1 is 1.31 bits per heavy atom.